The Morgan fingerprint density at radius 3 is 2.51 bits per heavy atom. The number of anilines is 3. The molecule has 3 aromatic heterocycles. The first kappa shape index (κ1) is 28.4. The molecule has 41 heavy (non-hydrogen) atoms. The summed E-state index contributed by atoms with van der Waals surface area (Å²) >= 11 is 0. The van der Waals surface area contributed by atoms with Crippen molar-refractivity contribution < 1.29 is 18.3 Å². The van der Waals surface area contributed by atoms with E-state index in [0.29, 0.717) is 52.4 Å². The Morgan fingerprint density at radius 1 is 1.05 bits per heavy atom. The van der Waals surface area contributed by atoms with Crippen molar-refractivity contribution in [3.63, 3.8) is 0 Å². The molecular weight excluding hydrogens is 530 g/mol. The third-order valence-electron chi connectivity index (χ3n) is 7.09. The van der Waals surface area contributed by atoms with Crippen molar-refractivity contribution in [3.8, 4) is 11.6 Å². The van der Waals surface area contributed by atoms with Crippen LogP contribution in [-0.2, 0) is 24.3 Å². The van der Waals surface area contributed by atoms with Crippen molar-refractivity contribution in [3.05, 3.63) is 59.8 Å². The SMILES string of the molecule is CCN1CCN(Cc2ccc(Nc3nc4ccc(Oc5ccnc(NC(C)=O)c5)nc4n3C)cc2C(C)(F)F)CC1. The first-order valence-electron chi connectivity index (χ1n) is 13.6. The number of alkyl halides is 2. The second kappa shape index (κ2) is 11.8. The summed E-state index contributed by atoms with van der Waals surface area (Å²) in [4.78, 5) is 29.2. The molecule has 10 nitrogen and oxygen atoms in total. The van der Waals surface area contributed by atoms with E-state index in [-0.39, 0.29) is 11.5 Å². The van der Waals surface area contributed by atoms with Gasteiger partial charge < -0.3 is 20.3 Å². The molecule has 1 aliphatic heterocycles. The van der Waals surface area contributed by atoms with E-state index in [1.165, 1.54) is 19.2 Å². The van der Waals surface area contributed by atoms with E-state index < -0.39 is 5.92 Å². The molecule has 1 aromatic carbocycles. The molecule has 4 heterocycles. The number of carbonyl (C=O) groups is 1. The number of amides is 1. The van der Waals surface area contributed by atoms with Crippen LogP contribution in [0.1, 0.15) is 31.9 Å². The number of pyridine rings is 2. The van der Waals surface area contributed by atoms with Crippen LogP contribution in [0.4, 0.5) is 26.2 Å². The van der Waals surface area contributed by atoms with Crippen molar-refractivity contribution >= 4 is 34.5 Å². The van der Waals surface area contributed by atoms with Crippen LogP contribution in [0, 0.1) is 0 Å². The Kier molecular flexibility index (Phi) is 8.13. The minimum atomic E-state index is -2.99. The number of aromatic nitrogens is 4. The van der Waals surface area contributed by atoms with E-state index in [4.69, 9.17) is 4.74 Å². The lowest BCUT2D eigenvalue weighted by Gasteiger charge is -2.34. The van der Waals surface area contributed by atoms with Gasteiger partial charge >= 0.3 is 0 Å². The van der Waals surface area contributed by atoms with Gasteiger partial charge in [0, 0.05) is 83.2 Å². The van der Waals surface area contributed by atoms with Crippen LogP contribution in [0.2, 0.25) is 0 Å². The van der Waals surface area contributed by atoms with E-state index in [0.717, 1.165) is 39.6 Å². The van der Waals surface area contributed by atoms with E-state index in [2.05, 4.69) is 42.3 Å². The molecule has 0 spiro atoms. The number of aryl methyl sites for hydroxylation is 1. The van der Waals surface area contributed by atoms with Gasteiger partial charge in [-0.05, 0) is 36.4 Å². The van der Waals surface area contributed by atoms with Gasteiger partial charge in [-0.15, -0.1) is 0 Å². The zero-order valence-electron chi connectivity index (χ0n) is 23.6. The van der Waals surface area contributed by atoms with Crippen molar-refractivity contribution in [1.82, 2.24) is 29.3 Å². The summed E-state index contributed by atoms with van der Waals surface area (Å²) < 4.78 is 37.1. The van der Waals surface area contributed by atoms with Gasteiger partial charge in [-0.25, -0.2) is 18.7 Å². The van der Waals surface area contributed by atoms with Crippen LogP contribution < -0.4 is 15.4 Å². The number of hydrogen-bond donors (Lipinski definition) is 2. The van der Waals surface area contributed by atoms with Crippen LogP contribution in [0.3, 0.4) is 0 Å². The maximum atomic E-state index is 14.7. The van der Waals surface area contributed by atoms with Gasteiger partial charge in [0.1, 0.15) is 17.1 Å². The molecular formula is C29H34F2N8O2. The molecule has 1 fully saturated rings. The third-order valence-corrected chi connectivity index (χ3v) is 7.09. The van der Waals surface area contributed by atoms with Crippen LogP contribution >= 0.6 is 0 Å². The number of benzene rings is 1. The van der Waals surface area contributed by atoms with E-state index in [1.807, 2.05) is 6.07 Å². The van der Waals surface area contributed by atoms with Crippen molar-refractivity contribution in [2.24, 2.45) is 7.05 Å². The van der Waals surface area contributed by atoms with Crippen molar-refractivity contribution in [2.75, 3.05) is 43.4 Å². The Morgan fingerprint density at radius 2 is 1.80 bits per heavy atom. The monoisotopic (exact) mass is 564 g/mol. The number of imidazole rings is 1. The van der Waals surface area contributed by atoms with Gasteiger partial charge in [0.2, 0.25) is 17.7 Å². The summed E-state index contributed by atoms with van der Waals surface area (Å²) in [5.74, 6) is -1.63. The number of rotatable bonds is 9. The zero-order valence-corrected chi connectivity index (χ0v) is 23.6. The predicted molar refractivity (Wildman–Crippen MR) is 154 cm³/mol. The summed E-state index contributed by atoms with van der Waals surface area (Å²) in [6.45, 7) is 9.58. The maximum absolute atomic E-state index is 14.7. The fraction of sp³-hybridized carbons (Fsp3) is 0.379. The highest BCUT2D eigenvalue weighted by molar-refractivity contribution is 5.87. The molecule has 5 rings (SSSR count). The molecule has 2 N–H and O–H groups in total. The highest BCUT2D eigenvalue weighted by atomic mass is 19.3. The molecule has 0 radical (unpaired) electrons. The fourth-order valence-corrected chi connectivity index (χ4v) is 4.89. The smallest absolute Gasteiger partial charge is 0.270 e. The first-order valence-corrected chi connectivity index (χ1v) is 13.6. The minimum absolute atomic E-state index is 0.00368. The number of piperazine rings is 1. The molecule has 0 unspecified atom stereocenters. The lowest BCUT2D eigenvalue weighted by molar-refractivity contribution is -0.114. The van der Waals surface area contributed by atoms with Gasteiger partial charge in [-0.2, -0.15) is 4.98 Å². The van der Waals surface area contributed by atoms with Crippen molar-refractivity contribution in [2.45, 2.75) is 33.2 Å². The molecule has 1 aliphatic rings. The van der Waals surface area contributed by atoms with Crippen LogP contribution in [0.15, 0.2) is 48.7 Å². The average molecular weight is 565 g/mol. The topological polar surface area (TPSA) is 100 Å². The molecule has 0 bridgehead atoms. The van der Waals surface area contributed by atoms with Gasteiger partial charge in [0.05, 0.1) is 0 Å². The normalized spacial score (nSPS) is 14.8. The average Bonchev–Trinajstić information content (AvgIpc) is 3.23. The number of fused-ring (bicyclic) bond motifs is 1. The number of hydrogen-bond acceptors (Lipinski definition) is 8. The number of likely N-dealkylation sites (N-methyl/N-ethyl adjacent to an activating group) is 1. The van der Waals surface area contributed by atoms with Crippen LogP contribution in [0.25, 0.3) is 11.2 Å². The Balaban J connectivity index is 1.34. The number of nitrogens with one attached hydrogen (secondary N) is 2. The molecule has 0 saturated carbocycles. The standard InChI is InChI=1S/C29H34F2N8O2/c1-5-38-12-14-39(15-13-38)18-20-6-7-21(16-23(20)29(3,30)31)34-28-35-24-8-9-26(36-27(24)37(28)4)41-22-10-11-32-25(17-22)33-19(2)40/h6-11,16-17H,5,12-15,18H2,1-4H3,(H,34,35)(H,32,33,40). The van der Waals surface area contributed by atoms with Crippen molar-refractivity contribution in [1.29, 1.82) is 0 Å². The molecule has 1 saturated heterocycles. The molecule has 0 atom stereocenters. The van der Waals surface area contributed by atoms with E-state index >= 15 is 0 Å². The van der Waals surface area contributed by atoms with Gasteiger partial charge in [0.25, 0.3) is 5.92 Å². The third kappa shape index (κ3) is 6.77. The molecule has 1 amide bonds. The van der Waals surface area contributed by atoms with Gasteiger partial charge in [-0.1, -0.05) is 13.0 Å². The first-order chi connectivity index (χ1) is 19.6. The Hall–Kier alpha value is -4.16. The molecule has 12 heteroatoms. The highest BCUT2D eigenvalue weighted by Crippen LogP contribution is 2.34. The summed E-state index contributed by atoms with van der Waals surface area (Å²) in [5.41, 5.74) is 2.30. The lowest BCUT2D eigenvalue weighted by Crippen LogP contribution is -2.45. The number of nitrogens with zero attached hydrogens (tertiary/aromatic N) is 6. The number of carbonyl (C=O) groups excluding carboxylic acids is 1. The highest BCUT2D eigenvalue weighted by Gasteiger charge is 2.29. The van der Waals surface area contributed by atoms with Gasteiger partial charge in [0.15, 0.2) is 5.65 Å². The number of halogens is 2. The lowest BCUT2D eigenvalue weighted by atomic mass is 10.0. The summed E-state index contributed by atoms with van der Waals surface area (Å²) in [6.07, 6.45) is 1.52. The van der Waals surface area contributed by atoms with E-state index in [1.54, 1.807) is 41.9 Å². The van der Waals surface area contributed by atoms with Crippen LogP contribution in [0.5, 0.6) is 11.6 Å². The predicted octanol–water partition coefficient (Wildman–Crippen LogP) is 5.11. The quantitative estimate of drug-likeness (QED) is 0.290. The second-order valence-electron chi connectivity index (χ2n) is 10.2. The van der Waals surface area contributed by atoms with Crippen LogP contribution in [-0.4, -0.2) is 67.9 Å². The fourth-order valence-electron chi connectivity index (χ4n) is 4.89. The number of ether oxygens (including phenoxy) is 1. The summed E-state index contributed by atoms with van der Waals surface area (Å²) in [7, 11) is 1.79. The largest absolute Gasteiger partial charge is 0.439 e. The zero-order chi connectivity index (χ0) is 29.1. The molecule has 0 aliphatic carbocycles. The molecule has 4 aromatic rings. The molecule has 216 valence electrons. The van der Waals surface area contributed by atoms with E-state index in [9.17, 15) is 13.6 Å². The summed E-state index contributed by atoms with van der Waals surface area (Å²) in [5, 5.41) is 5.80. The Bertz CT molecular complexity index is 1540. The van der Waals surface area contributed by atoms with Gasteiger partial charge in [-0.3, -0.25) is 14.3 Å². The maximum Gasteiger partial charge on any atom is 0.270 e. The Labute approximate surface area is 237 Å². The minimum Gasteiger partial charge on any atom is -0.439 e. The summed E-state index contributed by atoms with van der Waals surface area (Å²) in [6, 6.07) is 11.8. The second-order valence-corrected chi connectivity index (χ2v) is 10.2.